The second-order valence-corrected chi connectivity index (χ2v) is 7.13. The molecule has 2 aromatic carbocycles. The number of allylic oxidation sites excluding steroid dienone is 1. The van der Waals surface area contributed by atoms with Crippen molar-refractivity contribution in [2.75, 3.05) is 38.1 Å². The number of hydrogen-bond donors (Lipinski definition) is 5. The van der Waals surface area contributed by atoms with E-state index in [-0.39, 0.29) is 11.6 Å². The Hall–Kier alpha value is -3.32. The van der Waals surface area contributed by atoms with Crippen molar-refractivity contribution in [3.8, 4) is 5.75 Å². The zero-order valence-electron chi connectivity index (χ0n) is 16.8. The Balaban J connectivity index is 1.70. The van der Waals surface area contributed by atoms with Crippen molar-refractivity contribution in [2.45, 2.75) is 6.54 Å². The van der Waals surface area contributed by atoms with Crippen molar-refractivity contribution < 1.29 is 5.11 Å². The molecule has 0 spiro atoms. The maximum absolute atomic E-state index is 10.0. The largest absolute Gasteiger partial charge is 0.507 e. The monoisotopic (exact) mass is 394 g/mol. The third kappa shape index (κ3) is 4.94. The van der Waals surface area contributed by atoms with Crippen LogP contribution in [0.5, 0.6) is 5.75 Å². The average molecular weight is 395 g/mol. The van der Waals surface area contributed by atoms with E-state index in [4.69, 9.17) is 17.2 Å². The fourth-order valence-electron chi connectivity index (χ4n) is 3.53. The van der Waals surface area contributed by atoms with E-state index < -0.39 is 0 Å². The van der Waals surface area contributed by atoms with Gasteiger partial charge < -0.3 is 37.4 Å². The number of nitrogens with two attached hydrogens (primary N) is 3. The van der Waals surface area contributed by atoms with Crippen LogP contribution in [0.2, 0.25) is 0 Å². The van der Waals surface area contributed by atoms with Crippen LogP contribution in [-0.4, -0.2) is 43.2 Å². The Morgan fingerprint density at radius 1 is 1.00 bits per heavy atom. The van der Waals surface area contributed by atoms with E-state index in [1.54, 1.807) is 24.3 Å². The smallest absolute Gasteiger partial charge is 0.124 e. The lowest BCUT2D eigenvalue weighted by Gasteiger charge is -2.38. The lowest BCUT2D eigenvalue weighted by molar-refractivity contribution is 0.327. The molecule has 1 saturated heterocycles. The van der Waals surface area contributed by atoms with Gasteiger partial charge in [0.05, 0.1) is 5.70 Å². The molecule has 8 N–H and O–H groups in total. The van der Waals surface area contributed by atoms with Crippen LogP contribution in [0, 0.1) is 0 Å². The summed E-state index contributed by atoms with van der Waals surface area (Å²) >= 11 is 0. The molecule has 1 aliphatic rings. The summed E-state index contributed by atoms with van der Waals surface area (Å²) in [6, 6.07) is 15.6. The normalized spacial score (nSPS) is 14.7. The van der Waals surface area contributed by atoms with Gasteiger partial charge in [-0.25, -0.2) is 0 Å². The SMILES string of the molecule is CNCc1ccc(N2CCN(C(/C=C(\N)c3ccccc3O)=C(N)N)CC2)cc1. The Kier molecular flexibility index (Phi) is 6.51. The Labute approximate surface area is 172 Å². The molecule has 0 radical (unpaired) electrons. The second kappa shape index (κ2) is 9.25. The first-order chi connectivity index (χ1) is 14.0. The van der Waals surface area contributed by atoms with Gasteiger partial charge in [-0.15, -0.1) is 0 Å². The van der Waals surface area contributed by atoms with E-state index in [9.17, 15) is 5.11 Å². The van der Waals surface area contributed by atoms with Gasteiger partial charge >= 0.3 is 0 Å². The molecule has 154 valence electrons. The molecule has 0 bridgehead atoms. The summed E-state index contributed by atoms with van der Waals surface area (Å²) in [7, 11) is 1.95. The van der Waals surface area contributed by atoms with E-state index in [1.807, 2.05) is 13.1 Å². The highest BCUT2D eigenvalue weighted by Crippen LogP contribution is 2.24. The first-order valence-electron chi connectivity index (χ1n) is 9.73. The number of phenolic OH excluding ortho intramolecular Hbond substituents is 1. The lowest BCUT2D eigenvalue weighted by atomic mass is 10.1. The molecule has 0 aromatic heterocycles. The van der Waals surface area contributed by atoms with Crippen molar-refractivity contribution in [1.29, 1.82) is 0 Å². The summed E-state index contributed by atoms with van der Waals surface area (Å²) in [6.07, 6.45) is 1.74. The first-order valence-corrected chi connectivity index (χ1v) is 9.73. The van der Waals surface area contributed by atoms with Crippen LogP contribution in [0.25, 0.3) is 5.70 Å². The van der Waals surface area contributed by atoms with Crippen LogP contribution in [0.15, 0.2) is 66.1 Å². The van der Waals surface area contributed by atoms with Crippen LogP contribution in [-0.2, 0) is 6.54 Å². The van der Waals surface area contributed by atoms with Crippen LogP contribution < -0.4 is 27.4 Å². The molecule has 29 heavy (non-hydrogen) atoms. The van der Waals surface area contributed by atoms with Gasteiger partial charge in [0, 0.05) is 49.7 Å². The maximum atomic E-state index is 10.0. The third-order valence-corrected chi connectivity index (χ3v) is 5.11. The molecule has 0 unspecified atom stereocenters. The van der Waals surface area contributed by atoms with Crippen molar-refractivity contribution >= 4 is 11.4 Å². The summed E-state index contributed by atoms with van der Waals surface area (Å²) in [4.78, 5) is 4.48. The molecule has 0 atom stereocenters. The van der Waals surface area contributed by atoms with Crippen molar-refractivity contribution in [2.24, 2.45) is 17.2 Å². The molecule has 1 fully saturated rings. The van der Waals surface area contributed by atoms with Crippen LogP contribution in [0.3, 0.4) is 0 Å². The molecule has 0 aliphatic carbocycles. The number of anilines is 1. The zero-order chi connectivity index (χ0) is 20.8. The second-order valence-electron chi connectivity index (χ2n) is 7.13. The van der Waals surface area contributed by atoms with Gasteiger partial charge in [0.25, 0.3) is 0 Å². The summed E-state index contributed by atoms with van der Waals surface area (Å²) in [5.74, 6) is 0.343. The maximum Gasteiger partial charge on any atom is 0.124 e. The highest BCUT2D eigenvalue weighted by Gasteiger charge is 2.20. The van der Waals surface area contributed by atoms with E-state index in [0.717, 1.165) is 32.7 Å². The topological polar surface area (TPSA) is 117 Å². The molecule has 1 heterocycles. The molecular weight excluding hydrogens is 364 g/mol. The number of nitrogens with zero attached hydrogens (tertiary/aromatic N) is 2. The first kappa shape index (κ1) is 20.4. The fourth-order valence-corrected chi connectivity index (χ4v) is 3.53. The van der Waals surface area contributed by atoms with Crippen molar-refractivity contribution in [1.82, 2.24) is 10.2 Å². The van der Waals surface area contributed by atoms with Crippen LogP contribution in [0.1, 0.15) is 11.1 Å². The lowest BCUT2D eigenvalue weighted by Crippen LogP contribution is -2.46. The molecule has 1 aliphatic heterocycles. The van der Waals surface area contributed by atoms with Crippen molar-refractivity contribution in [3.05, 3.63) is 77.3 Å². The highest BCUT2D eigenvalue weighted by atomic mass is 16.3. The molecular formula is C22H30N6O. The molecule has 7 heteroatoms. The molecule has 7 nitrogen and oxygen atoms in total. The summed E-state index contributed by atoms with van der Waals surface area (Å²) < 4.78 is 0. The van der Waals surface area contributed by atoms with Gasteiger partial charge in [0.15, 0.2) is 0 Å². The van der Waals surface area contributed by atoms with Gasteiger partial charge in [-0.3, -0.25) is 0 Å². The van der Waals surface area contributed by atoms with Gasteiger partial charge in [-0.2, -0.15) is 0 Å². The summed E-state index contributed by atoms with van der Waals surface area (Å²) in [5.41, 5.74) is 22.3. The van der Waals surface area contributed by atoms with E-state index in [0.29, 0.717) is 17.0 Å². The number of piperazine rings is 1. The van der Waals surface area contributed by atoms with E-state index in [2.05, 4.69) is 39.4 Å². The standard InChI is InChI=1S/C22H30N6O/c1-26-15-16-6-8-17(9-7-16)27-10-12-28(13-11-27)20(22(24)25)14-19(23)18-4-2-3-5-21(18)29/h2-9,14,26,29H,10-13,15,23-25H2,1H3/b19-14-. The minimum absolute atomic E-state index is 0.128. The Morgan fingerprint density at radius 3 is 2.24 bits per heavy atom. The predicted molar refractivity (Wildman–Crippen MR) is 119 cm³/mol. The van der Waals surface area contributed by atoms with Crippen LogP contribution in [0.4, 0.5) is 5.69 Å². The van der Waals surface area contributed by atoms with Gasteiger partial charge in [0.2, 0.25) is 0 Å². The molecule has 0 saturated carbocycles. The average Bonchev–Trinajstić information content (AvgIpc) is 2.73. The minimum atomic E-state index is 0.128. The van der Waals surface area contributed by atoms with Gasteiger partial charge in [-0.1, -0.05) is 24.3 Å². The summed E-state index contributed by atoms with van der Waals surface area (Å²) in [5, 5.41) is 13.2. The Morgan fingerprint density at radius 2 is 1.66 bits per heavy atom. The summed E-state index contributed by atoms with van der Waals surface area (Å²) in [6.45, 7) is 4.12. The predicted octanol–water partition coefficient (Wildman–Crippen LogP) is 1.32. The van der Waals surface area contributed by atoms with Crippen molar-refractivity contribution in [3.63, 3.8) is 0 Å². The number of hydrogen-bond acceptors (Lipinski definition) is 7. The number of para-hydroxylation sites is 1. The minimum Gasteiger partial charge on any atom is -0.507 e. The van der Waals surface area contributed by atoms with Gasteiger partial charge in [-0.05, 0) is 43.0 Å². The molecule has 3 rings (SSSR count). The number of nitrogens with one attached hydrogen (secondary N) is 1. The van der Waals surface area contributed by atoms with Gasteiger partial charge in [0.1, 0.15) is 11.6 Å². The van der Waals surface area contributed by atoms with E-state index in [1.165, 1.54) is 11.3 Å². The number of aromatic hydroxyl groups is 1. The molecule has 0 amide bonds. The number of rotatable bonds is 6. The van der Waals surface area contributed by atoms with Crippen LogP contribution >= 0.6 is 0 Å². The zero-order valence-corrected chi connectivity index (χ0v) is 16.8. The fraction of sp³-hybridized carbons (Fsp3) is 0.273. The van der Waals surface area contributed by atoms with E-state index >= 15 is 0 Å². The number of phenols is 1. The Bertz CT molecular complexity index is 878. The third-order valence-electron chi connectivity index (χ3n) is 5.11. The quantitative estimate of drug-likeness (QED) is 0.469. The molecule has 2 aromatic rings. The number of benzene rings is 2. The highest BCUT2D eigenvalue weighted by molar-refractivity contribution is 5.70.